The number of carboxylic acids is 1. The zero-order valence-electron chi connectivity index (χ0n) is 10.5. The lowest BCUT2D eigenvalue weighted by Crippen LogP contribution is -1.88. The third-order valence-electron chi connectivity index (χ3n) is 2.77. The second kappa shape index (κ2) is 5.87. The molecule has 3 nitrogen and oxygen atoms in total. The third-order valence-corrected chi connectivity index (χ3v) is 2.77. The molecular formula is C16H14O3. The Hall–Kier alpha value is -2.55. The smallest absolute Gasteiger partial charge is 0.328 e. The highest BCUT2D eigenvalue weighted by Gasteiger charge is 2.02. The van der Waals surface area contributed by atoms with Crippen molar-refractivity contribution in [3.05, 3.63) is 60.2 Å². The molecule has 2 aromatic rings. The van der Waals surface area contributed by atoms with Crippen LogP contribution in [0.5, 0.6) is 5.75 Å². The van der Waals surface area contributed by atoms with Gasteiger partial charge in [0, 0.05) is 6.08 Å². The van der Waals surface area contributed by atoms with E-state index >= 15 is 0 Å². The van der Waals surface area contributed by atoms with Crippen LogP contribution >= 0.6 is 0 Å². The van der Waals surface area contributed by atoms with Gasteiger partial charge in [-0.25, -0.2) is 4.79 Å². The SMILES string of the molecule is COc1ccc(-c2ccccc2/C=C/C(=O)O)cc1. The summed E-state index contributed by atoms with van der Waals surface area (Å²) >= 11 is 0. The molecule has 0 amide bonds. The van der Waals surface area contributed by atoms with Gasteiger partial charge in [-0.15, -0.1) is 0 Å². The maximum absolute atomic E-state index is 10.6. The first kappa shape index (κ1) is 12.9. The number of carboxylic acid groups (broad SMARTS) is 1. The number of aliphatic carboxylic acids is 1. The summed E-state index contributed by atoms with van der Waals surface area (Å²) in [6.45, 7) is 0. The molecule has 0 atom stereocenters. The lowest BCUT2D eigenvalue weighted by molar-refractivity contribution is -0.131. The highest BCUT2D eigenvalue weighted by molar-refractivity contribution is 5.87. The van der Waals surface area contributed by atoms with Crippen LogP contribution in [0.3, 0.4) is 0 Å². The van der Waals surface area contributed by atoms with Crippen molar-refractivity contribution in [1.29, 1.82) is 0 Å². The van der Waals surface area contributed by atoms with E-state index < -0.39 is 5.97 Å². The van der Waals surface area contributed by atoms with Crippen LogP contribution in [0.1, 0.15) is 5.56 Å². The van der Waals surface area contributed by atoms with Gasteiger partial charge < -0.3 is 9.84 Å². The van der Waals surface area contributed by atoms with Gasteiger partial charge in [-0.1, -0.05) is 36.4 Å². The number of methoxy groups -OCH3 is 1. The summed E-state index contributed by atoms with van der Waals surface area (Å²) < 4.78 is 5.12. The first-order chi connectivity index (χ1) is 9.20. The van der Waals surface area contributed by atoms with Crippen LogP contribution in [0.25, 0.3) is 17.2 Å². The molecule has 0 aliphatic rings. The molecule has 2 aromatic carbocycles. The minimum atomic E-state index is -0.954. The molecule has 0 aromatic heterocycles. The highest BCUT2D eigenvalue weighted by Crippen LogP contribution is 2.26. The number of rotatable bonds is 4. The topological polar surface area (TPSA) is 46.5 Å². The largest absolute Gasteiger partial charge is 0.497 e. The van der Waals surface area contributed by atoms with Gasteiger partial charge >= 0.3 is 5.97 Å². The Morgan fingerprint density at radius 2 is 1.79 bits per heavy atom. The Balaban J connectivity index is 2.40. The van der Waals surface area contributed by atoms with E-state index in [1.807, 2.05) is 48.5 Å². The summed E-state index contributed by atoms with van der Waals surface area (Å²) in [4.78, 5) is 10.6. The number of hydrogen-bond donors (Lipinski definition) is 1. The van der Waals surface area contributed by atoms with E-state index in [-0.39, 0.29) is 0 Å². The lowest BCUT2D eigenvalue weighted by Gasteiger charge is -2.07. The molecule has 0 unspecified atom stereocenters. The van der Waals surface area contributed by atoms with E-state index in [4.69, 9.17) is 9.84 Å². The Morgan fingerprint density at radius 1 is 1.11 bits per heavy atom. The molecule has 0 saturated heterocycles. The summed E-state index contributed by atoms with van der Waals surface area (Å²) in [6, 6.07) is 15.3. The molecule has 0 aliphatic heterocycles. The fraction of sp³-hybridized carbons (Fsp3) is 0.0625. The van der Waals surface area contributed by atoms with Gasteiger partial charge in [0.05, 0.1) is 7.11 Å². The van der Waals surface area contributed by atoms with E-state index in [0.29, 0.717) is 0 Å². The van der Waals surface area contributed by atoms with Gasteiger partial charge in [-0.2, -0.15) is 0 Å². The van der Waals surface area contributed by atoms with Crippen molar-refractivity contribution in [3.8, 4) is 16.9 Å². The Morgan fingerprint density at radius 3 is 2.42 bits per heavy atom. The molecule has 0 aliphatic carbocycles. The molecule has 0 spiro atoms. The molecule has 2 rings (SSSR count). The van der Waals surface area contributed by atoms with Crippen molar-refractivity contribution in [2.75, 3.05) is 7.11 Å². The van der Waals surface area contributed by atoms with Crippen LogP contribution < -0.4 is 4.74 Å². The fourth-order valence-corrected chi connectivity index (χ4v) is 1.84. The molecule has 96 valence electrons. The monoisotopic (exact) mass is 254 g/mol. The van der Waals surface area contributed by atoms with Gasteiger partial charge in [0.15, 0.2) is 0 Å². The summed E-state index contributed by atoms with van der Waals surface area (Å²) in [5, 5.41) is 8.70. The Kier molecular flexibility index (Phi) is 3.98. The second-order valence-electron chi connectivity index (χ2n) is 3.99. The quantitative estimate of drug-likeness (QED) is 0.850. The molecule has 3 heteroatoms. The van der Waals surface area contributed by atoms with Crippen LogP contribution in [0.15, 0.2) is 54.6 Å². The molecule has 1 N–H and O–H groups in total. The third kappa shape index (κ3) is 3.22. The average Bonchev–Trinajstić information content (AvgIpc) is 2.45. The standard InChI is InChI=1S/C16H14O3/c1-19-14-9-6-13(7-10-14)15-5-3-2-4-12(15)8-11-16(17)18/h2-11H,1H3,(H,17,18)/b11-8+. The van der Waals surface area contributed by atoms with Crippen LogP contribution in [-0.4, -0.2) is 18.2 Å². The number of benzene rings is 2. The van der Waals surface area contributed by atoms with Crippen molar-refractivity contribution in [3.63, 3.8) is 0 Å². The molecule has 19 heavy (non-hydrogen) atoms. The van der Waals surface area contributed by atoms with Crippen molar-refractivity contribution >= 4 is 12.0 Å². The molecule has 0 heterocycles. The predicted octanol–water partition coefficient (Wildman–Crippen LogP) is 3.46. The summed E-state index contributed by atoms with van der Waals surface area (Å²) in [7, 11) is 1.62. The maximum Gasteiger partial charge on any atom is 0.328 e. The van der Waals surface area contributed by atoms with Crippen molar-refractivity contribution < 1.29 is 14.6 Å². The number of carbonyl (C=O) groups is 1. The molecular weight excluding hydrogens is 240 g/mol. The maximum atomic E-state index is 10.6. The Bertz CT molecular complexity index is 598. The van der Waals surface area contributed by atoms with E-state index in [1.165, 1.54) is 0 Å². The zero-order chi connectivity index (χ0) is 13.7. The van der Waals surface area contributed by atoms with E-state index in [2.05, 4.69) is 0 Å². The molecule has 0 saturated carbocycles. The normalized spacial score (nSPS) is 10.6. The van der Waals surface area contributed by atoms with E-state index in [1.54, 1.807) is 13.2 Å². The molecule has 0 bridgehead atoms. The second-order valence-corrected chi connectivity index (χ2v) is 3.99. The number of hydrogen-bond acceptors (Lipinski definition) is 2. The van der Waals surface area contributed by atoms with Crippen LogP contribution in [-0.2, 0) is 4.79 Å². The van der Waals surface area contributed by atoms with Gasteiger partial charge in [0.1, 0.15) is 5.75 Å². The van der Waals surface area contributed by atoms with Gasteiger partial charge in [0.25, 0.3) is 0 Å². The predicted molar refractivity (Wildman–Crippen MR) is 75.1 cm³/mol. The number of ether oxygens (including phenoxy) is 1. The van der Waals surface area contributed by atoms with Crippen molar-refractivity contribution in [1.82, 2.24) is 0 Å². The zero-order valence-corrected chi connectivity index (χ0v) is 10.5. The fourth-order valence-electron chi connectivity index (χ4n) is 1.84. The van der Waals surface area contributed by atoms with Gasteiger partial charge in [-0.05, 0) is 34.9 Å². The van der Waals surface area contributed by atoms with E-state index in [9.17, 15) is 4.79 Å². The van der Waals surface area contributed by atoms with E-state index in [0.717, 1.165) is 28.5 Å². The molecule has 0 fully saturated rings. The minimum Gasteiger partial charge on any atom is -0.497 e. The summed E-state index contributed by atoms with van der Waals surface area (Å²) in [5.41, 5.74) is 2.88. The lowest BCUT2D eigenvalue weighted by atomic mass is 9.99. The van der Waals surface area contributed by atoms with Gasteiger partial charge in [-0.3, -0.25) is 0 Å². The summed E-state index contributed by atoms with van der Waals surface area (Å²) in [6.07, 6.45) is 2.74. The van der Waals surface area contributed by atoms with Crippen LogP contribution in [0.4, 0.5) is 0 Å². The van der Waals surface area contributed by atoms with Gasteiger partial charge in [0.2, 0.25) is 0 Å². The average molecular weight is 254 g/mol. The minimum absolute atomic E-state index is 0.794. The van der Waals surface area contributed by atoms with Crippen LogP contribution in [0, 0.1) is 0 Å². The van der Waals surface area contributed by atoms with Crippen LogP contribution in [0.2, 0.25) is 0 Å². The Labute approximate surface area is 111 Å². The van der Waals surface area contributed by atoms with Crippen molar-refractivity contribution in [2.45, 2.75) is 0 Å². The first-order valence-electron chi connectivity index (χ1n) is 5.85. The molecule has 0 radical (unpaired) electrons. The summed E-state index contributed by atoms with van der Waals surface area (Å²) in [5.74, 6) is -0.160. The van der Waals surface area contributed by atoms with Crippen molar-refractivity contribution in [2.24, 2.45) is 0 Å². The first-order valence-corrected chi connectivity index (χ1v) is 5.85. The highest BCUT2D eigenvalue weighted by atomic mass is 16.5.